The molecule has 1 atom stereocenters. The summed E-state index contributed by atoms with van der Waals surface area (Å²) in [5.41, 5.74) is 3.01. The van der Waals surface area contributed by atoms with E-state index in [1.807, 2.05) is 24.3 Å². The van der Waals surface area contributed by atoms with Gasteiger partial charge in [0.2, 0.25) is 11.7 Å². The van der Waals surface area contributed by atoms with E-state index in [0.29, 0.717) is 18.3 Å². The van der Waals surface area contributed by atoms with Gasteiger partial charge in [-0.2, -0.15) is 4.98 Å². The summed E-state index contributed by atoms with van der Waals surface area (Å²) in [6.07, 6.45) is -0.413. The monoisotopic (exact) mass is 433 g/mol. The van der Waals surface area contributed by atoms with E-state index in [4.69, 9.17) is 9.26 Å². The lowest BCUT2D eigenvalue weighted by Crippen LogP contribution is -2.48. The molecule has 0 spiro atoms. The van der Waals surface area contributed by atoms with E-state index in [9.17, 15) is 4.79 Å². The largest absolute Gasteiger partial charge is 0.443 e. The molecule has 2 fully saturated rings. The maximum atomic E-state index is 12.5. The molecular formula is C24H27N5O3. The van der Waals surface area contributed by atoms with Crippen LogP contribution in [-0.4, -0.2) is 71.4 Å². The van der Waals surface area contributed by atoms with Crippen molar-refractivity contribution in [3.8, 4) is 11.4 Å². The van der Waals surface area contributed by atoms with Crippen LogP contribution in [0.25, 0.3) is 11.4 Å². The van der Waals surface area contributed by atoms with Crippen LogP contribution in [0.4, 0.5) is 10.5 Å². The molecule has 0 bridgehead atoms. The lowest BCUT2D eigenvalue weighted by molar-refractivity contribution is 0.0747. The highest BCUT2D eigenvalue weighted by Gasteiger charge is 2.34. The highest BCUT2D eigenvalue weighted by Crippen LogP contribution is 2.25. The molecular weight excluding hydrogens is 406 g/mol. The molecule has 0 N–H and O–H groups in total. The molecule has 3 aromatic rings. The van der Waals surface area contributed by atoms with Crippen molar-refractivity contribution in [1.82, 2.24) is 19.9 Å². The Morgan fingerprint density at radius 2 is 1.69 bits per heavy atom. The zero-order chi connectivity index (χ0) is 21.9. The molecule has 8 nitrogen and oxygen atoms in total. The second kappa shape index (κ2) is 9.10. The maximum Gasteiger partial charge on any atom is 0.414 e. The molecule has 0 saturated carbocycles. The van der Waals surface area contributed by atoms with Crippen LogP contribution in [0.15, 0.2) is 59.1 Å². The molecule has 0 aliphatic carbocycles. The minimum absolute atomic E-state index is 0.122. The molecule has 1 aromatic heterocycles. The predicted octanol–water partition coefficient (Wildman–Crippen LogP) is 3.19. The first-order valence-corrected chi connectivity index (χ1v) is 11.0. The summed E-state index contributed by atoms with van der Waals surface area (Å²) in [5, 5.41) is 3.93. The zero-order valence-corrected chi connectivity index (χ0v) is 18.2. The van der Waals surface area contributed by atoms with Gasteiger partial charge in [0.15, 0.2) is 0 Å². The molecule has 2 aliphatic heterocycles. The van der Waals surface area contributed by atoms with E-state index >= 15 is 0 Å². The minimum Gasteiger partial charge on any atom is -0.443 e. The van der Waals surface area contributed by atoms with Crippen molar-refractivity contribution in [2.45, 2.75) is 19.6 Å². The van der Waals surface area contributed by atoms with E-state index in [-0.39, 0.29) is 12.2 Å². The quantitative estimate of drug-likeness (QED) is 0.591. The predicted molar refractivity (Wildman–Crippen MR) is 120 cm³/mol. The Labute approximate surface area is 187 Å². The van der Waals surface area contributed by atoms with Crippen molar-refractivity contribution in [1.29, 1.82) is 0 Å². The van der Waals surface area contributed by atoms with Gasteiger partial charge in [-0.25, -0.2) is 4.79 Å². The fourth-order valence-electron chi connectivity index (χ4n) is 4.29. The van der Waals surface area contributed by atoms with Gasteiger partial charge >= 0.3 is 6.09 Å². The fourth-order valence-corrected chi connectivity index (χ4v) is 4.29. The number of anilines is 1. The lowest BCUT2D eigenvalue weighted by atomic mass is 10.2. The Hall–Kier alpha value is -3.23. The molecule has 0 radical (unpaired) electrons. The Balaban J connectivity index is 1.13. The Bertz CT molecular complexity index is 1050. The first-order chi connectivity index (χ1) is 15.6. The van der Waals surface area contributed by atoms with Crippen LogP contribution >= 0.6 is 0 Å². The van der Waals surface area contributed by atoms with Crippen molar-refractivity contribution >= 4 is 11.8 Å². The van der Waals surface area contributed by atoms with E-state index < -0.39 is 0 Å². The third-order valence-electron chi connectivity index (χ3n) is 6.01. The van der Waals surface area contributed by atoms with Crippen LogP contribution < -0.4 is 4.90 Å². The van der Waals surface area contributed by atoms with Crippen LogP contribution in [0.2, 0.25) is 0 Å². The van der Waals surface area contributed by atoms with Gasteiger partial charge in [-0.15, -0.1) is 0 Å². The summed E-state index contributed by atoms with van der Waals surface area (Å²) in [6, 6.07) is 18.2. The van der Waals surface area contributed by atoms with Crippen molar-refractivity contribution in [3.63, 3.8) is 0 Å². The lowest BCUT2D eigenvalue weighted by Gasteiger charge is -2.35. The summed E-state index contributed by atoms with van der Waals surface area (Å²) in [6.45, 7) is 8.09. The number of amides is 1. The normalized spacial score (nSPS) is 20.0. The number of carbonyl (C=O) groups excluding carboxylic acids is 1. The molecule has 5 rings (SSSR count). The molecule has 1 unspecified atom stereocenters. The van der Waals surface area contributed by atoms with Gasteiger partial charge in [0.25, 0.3) is 0 Å². The van der Waals surface area contributed by atoms with Crippen LogP contribution in [0.3, 0.4) is 0 Å². The average Bonchev–Trinajstić information content (AvgIpc) is 3.41. The standard InChI is InChI=1S/C24H27N5O3/c1-18-25-23(26-32-18)20-7-9-21(10-8-20)29-17-22(31-24(29)30)16-28-13-11-27(12-14-28)15-19-5-3-2-4-6-19/h2-10,22H,11-17H2,1H3. The van der Waals surface area contributed by atoms with Gasteiger partial charge in [-0.1, -0.05) is 35.5 Å². The summed E-state index contributed by atoms with van der Waals surface area (Å²) < 4.78 is 10.7. The summed E-state index contributed by atoms with van der Waals surface area (Å²) in [4.78, 5) is 23.3. The SMILES string of the molecule is Cc1nc(-c2ccc(N3CC(CN4CCN(Cc5ccccc5)CC4)OC3=O)cc2)no1. The molecule has 166 valence electrons. The number of ether oxygens (including phenoxy) is 1. The second-order valence-corrected chi connectivity index (χ2v) is 8.36. The van der Waals surface area contributed by atoms with Gasteiger partial charge < -0.3 is 9.26 Å². The zero-order valence-electron chi connectivity index (χ0n) is 18.2. The first kappa shape index (κ1) is 20.7. The van der Waals surface area contributed by atoms with Gasteiger partial charge in [0.1, 0.15) is 6.10 Å². The van der Waals surface area contributed by atoms with E-state index in [1.165, 1.54) is 5.56 Å². The molecule has 2 saturated heterocycles. The molecule has 3 heterocycles. The molecule has 8 heteroatoms. The number of cyclic esters (lactones) is 1. The topological polar surface area (TPSA) is 74.9 Å². The van der Waals surface area contributed by atoms with Crippen LogP contribution in [-0.2, 0) is 11.3 Å². The highest BCUT2D eigenvalue weighted by atomic mass is 16.6. The van der Waals surface area contributed by atoms with Gasteiger partial charge in [-0.3, -0.25) is 14.7 Å². The number of nitrogens with zero attached hydrogens (tertiary/aromatic N) is 5. The fraction of sp³-hybridized carbons (Fsp3) is 0.375. The molecule has 1 amide bonds. The highest BCUT2D eigenvalue weighted by molar-refractivity contribution is 5.90. The molecule has 32 heavy (non-hydrogen) atoms. The van der Waals surface area contributed by atoms with Gasteiger partial charge in [0.05, 0.1) is 6.54 Å². The third-order valence-corrected chi connectivity index (χ3v) is 6.01. The van der Waals surface area contributed by atoms with E-state index in [0.717, 1.165) is 50.5 Å². The number of aryl methyl sites for hydroxylation is 1. The number of rotatable bonds is 6. The van der Waals surface area contributed by atoms with E-state index in [1.54, 1.807) is 11.8 Å². The Kier molecular flexibility index (Phi) is 5.87. The van der Waals surface area contributed by atoms with Crippen molar-refractivity contribution < 1.29 is 14.1 Å². The molecule has 2 aromatic carbocycles. The average molecular weight is 434 g/mol. The number of carbonyl (C=O) groups is 1. The van der Waals surface area contributed by atoms with E-state index in [2.05, 4.69) is 50.3 Å². The van der Waals surface area contributed by atoms with Crippen LogP contribution in [0.1, 0.15) is 11.5 Å². The minimum atomic E-state index is -0.291. The van der Waals surface area contributed by atoms with Gasteiger partial charge in [-0.05, 0) is 29.8 Å². The van der Waals surface area contributed by atoms with Crippen molar-refractivity contribution in [3.05, 3.63) is 66.1 Å². The number of hydrogen-bond donors (Lipinski definition) is 0. The number of aromatic nitrogens is 2. The summed E-state index contributed by atoms with van der Waals surface area (Å²) in [7, 11) is 0. The summed E-state index contributed by atoms with van der Waals surface area (Å²) >= 11 is 0. The van der Waals surface area contributed by atoms with Gasteiger partial charge in [0, 0.05) is 57.4 Å². The third kappa shape index (κ3) is 4.66. The van der Waals surface area contributed by atoms with Crippen molar-refractivity contribution in [2.24, 2.45) is 0 Å². The van der Waals surface area contributed by atoms with Crippen molar-refractivity contribution in [2.75, 3.05) is 44.2 Å². The first-order valence-electron chi connectivity index (χ1n) is 11.0. The van der Waals surface area contributed by atoms with Crippen LogP contribution in [0, 0.1) is 6.92 Å². The Morgan fingerprint density at radius 3 is 2.38 bits per heavy atom. The Morgan fingerprint density at radius 1 is 0.969 bits per heavy atom. The van der Waals surface area contributed by atoms with Crippen LogP contribution in [0.5, 0.6) is 0 Å². The summed E-state index contributed by atoms with van der Waals surface area (Å²) in [5.74, 6) is 1.07. The number of hydrogen-bond acceptors (Lipinski definition) is 7. The number of piperazine rings is 1. The molecule has 2 aliphatic rings. The second-order valence-electron chi connectivity index (χ2n) is 8.36. The number of benzene rings is 2. The maximum absolute atomic E-state index is 12.5. The smallest absolute Gasteiger partial charge is 0.414 e.